The number of H-pyrrole nitrogens is 1. The molecule has 1 aromatic heterocycles. The number of aromatic nitrogens is 2. The third kappa shape index (κ3) is 4.39. The molecule has 0 saturated heterocycles. The molecule has 0 bridgehead atoms. The minimum absolute atomic E-state index is 0.0187. The van der Waals surface area contributed by atoms with E-state index in [9.17, 15) is 9.59 Å². The molecular weight excluding hydrogens is 280 g/mol. The Morgan fingerprint density at radius 3 is 2.91 bits per heavy atom. The van der Waals surface area contributed by atoms with Crippen LogP contribution in [0, 0.1) is 0 Å². The number of fused-ring (bicyclic) bond motifs is 1. The van der Waals surface area contributed by atoms with Gasteiger partial charge in [-0.1, -0.05) is 12.1 Å². The van der Waals surface area contributed by atoms with Gasteiger partial charge < -0.3 is 15.6 Å². The van der Waals surface area contributed by atoms with Gasteiger partial charge in [0.2, 0.25) is 5.91 Å². The highest BCUT2D eigenvalue weighted by molar-refractivity contribution is 5.77. The lowest BCUT2D eigenvalue weighted by atomic mass is 10.2. The quantitative estimate of drug-likeness (QED) is 0.711. The van der Waals surface area contributed by atoms with E-state index in [4.69, 9.17) is 0 Å². The maximum atomic E-state index is 11.9. The minimum Gasteiger partial charge on any atom is -0.355 e. The van der Waals surface area contributed by atoms with Crippen LogP contribution in [0.3, 0.4) is 0 Å². The Bertz CT molecular complexity index is 696. The summed E-state index contributed by atoms with van der Waals surface area (Å²) in [5.74, 6) is 0.644. The molecule has 1 amide bonds. The van der Waals surface area contributed by atoms with Crippen LogP contribution < -0.4 is 16.2 Å². The zero-order valence-corrected chi connectivity index (χ0v) is 13.0. The number of hydrogen-bond donors (Lipinski definition) is 3. The summed E-state index contributed by atoms with van der Waals surface area (Å²) in [6.45, 7) is 2.62. The van der Waals surface area contributed by atoms with Crippen LogP contribution in [0.4, 0.5) is 0 Å². The molecule has 1 unspecified atom stereocenters. The topological polar surface area (TPSA) is 86.9 Å². The first-order valence-corrected chi connectivity index (χ1v) is 7.52. The van der Waals surface area contributed by atoms with E-state index >= 15 is 0 Å². The predicted octanol–water partition coefficient (Wildman–Crippen LogP) is 0.970. The van der Waals surface area contributed by atoms with Crippen LogP contribution in [0.5, 0.6) is 0 Å². The maximum Gasteiger partial charge on any atom is 0.258 e. The van der Waals surface area contributed by atoms with Crippen LogP contribution in [-0.4, -0.2) is 35.5 Å². The van der Waals surface area contributed by atoms with Crippen molar-refractivity contribution in [2.24, 2.45) is 0 Å². The first kappa shape index (κ1) is 16.2. The van der Waals surface area contributed by atoms with Crippen LogP contribution in [0.25, 0.3) is 10.9 Å². The van der Waals surface area contributed by atoms with Gasteiger partial charge in [-0.25, -0.2) is 4.98 Å². The van der Waals surface area contributed by atoms with Crippen molar-refractivity contribution in [3.63, 3.8) is 0 Å². The number of benzene rings is 1. The number of likely N-dealkylation sites (N-methyl/N-ethyl adjacent to an activating group) is 1. The number of aromatic amines is 1. The number of amides is 1. The van der Waals surface area contributed by atoms with Crippen molar-refractivity contribution in [1.82, 2.24) is 20.6 Å². The van der Waals surface area contributed by atoms with Gasteiger partial charge in [0.1, 0.15) is 5.82 Å². The standard InChI is InChI=1S/C16H22N4O2/c1-11(17-2)10-18-15(21)9-5-8-14-19-13-7-4-3-6-12(13)16(22)20-14/h3-4,6-7,11,17H,5,8-10H2,1-2H3,(H,18,21)(H,19,20,22). The second-order valence-electron chi connectivity index (χ2n) is 5.38. The Kier molecular flexibility index (Phi) is 5.66. The molecule has 0 aliphatic heterocycles. The summed E-state index contributed by atoms with van der Waals surface area (Å²) in [7, 11) is 1.86. The van der Waals surface area contributed by atoms with Gasteiger partial charge in [-0.05, 0) is 32.5 Å². The van der Waals surface area contributed by atoms with Crippen LogP contribution >= 0.6 is 0 Å². The molecule has 3 N–H and O–H groups in total. The maximum absolute atomic E-state index is 11.9. The zero-order chi connectivity index (χ0) is 15.9. The van der Waals surface area contributed by atoms with Gasteiger partial charge in [-0.3, -0.25) is 9.59 Å². The van der Waals surface area contributed by atoms with E-state index in [0.717, 1.165) is 0 Å². The van der Waals surface area contributed by atoms with Crippen molar-refractivity contribution < 1.29 is 4.79 Å². The minimum atomic E-state index is -0.132. The van der Waals surface area contributed by atoms with Gasteiger partial charge in [-0.15, -0.1) is 0 Å². The van der Waals surface area contributed by atoms with E-state index in [0.29, 0.717) is 42.5 Å². The van der Waals surface area contributed by atoms with Crippen molar-refractivity contribution in [3.05, 3.63) is 40.4 Å². The molecule has 22 heavy (non-hydrogen) atoms. The predicted molar refractivity (Wildman–Crippen MR) is 86.8 cm³/mol. The van der Waals surface area contributed by atoms with E-state index in [2.05, 4.69) is 20.6 Å². The fraction of sp³-hybridized carbons (Fsp3) is 0.438. The van der Waals surface area contributed by atoms with Crippen LogP contribution in [-0.2, 0) is 11.2 Å². The summed E-state index contributed by atoms with van der Waals surface area (Å²) in [5.41, 5.74) is 0.557. The Morgan fingerprint density at radius 1 is 1.36 bits per heavy atom. The van der Waals surface area contributed by atoms with E-state index < -0.39 is 0 Å². The van der Waals surface area contributed by atoms with Crippen LogP contribution in [0.1, 0.15) is 25.6 Å². The summed E-state index contributed by atoms with van der Waals surface area (Å²) in [4.78, 5) is 30.8. The highest BCUT2D eigenvalue weighted by atomic mass is 16.1. The van der Waals surface area contributed by atoms with Crippen molar-refractivity contribution in [1.29, 1.82) is 0 Å². The van der Waals surface area contributed by atoms with Gasteiger partial charge in [-0.2, -0.15) is 0 Å². The molecule has 2 rings (SSSR count). The number of hydrogen-bond acceptors (Lipinski definition) is 4. The fourth-order valence-corrected chi connectivity index (χ4v) is 2.13. The summed E-state index contributed by atoms with van der Waals surface area (Å²) >= 11 is 0. The first-order valence-electron chi connectivity index (χ1n) is 7.52. The smallest absolute Gasteiger partial charge is 0.258 e. The first-order chi connectivity index (χ1) is 10.6. The van der Waals surface area contributed by atoms with E-state index in [1.165, 1.54) is 0 Å². The summed E-state index contributed by atoms with van der Waals surface area (Å²) in [6.07, 6.45) is 1.66. The molecule has 1 aromatic carbocycles. The molecule has 1 heterocycles. The molecule has 6 nitrogen and oxygen atoms in total. The van der Waals surface area contributed by atoms with Gasteiger partial charge in [0.25, 0.3) is 5.56 Å². The SMILES string of the molecule is CNC(C)CNC(=O)CCCc1nc2ccccc2c(=O)[nH]1. The Hall–Kier alpha value is -2.21. The highest BCUT2D eigenvalue weighted by Gasteiger charge is 2.06. The Morgan fingerprint density at radius 2 is 2.14 bits per heavy atom. The number of rotatable bonds is 7. The van der Waals surface area contributed by atoms with Gasteiger partial charge >= 0.3 is 0 Å². The lowest BCUT2D eigenvalue weighted by Gasteiger charge is -2.11. The molecule has 1 atom stereocenters. The largest absolute Gasteiger partial charge is 0.355 e. The fourth-order valence-electron chi connectivity index (χ4n) is 2.13. The summed E-state index contributed by atoms with van der Waals surface area (Å²) in [6, 6.07) is 7.49. The lowest BCUT2D eigenvalue weighted by molar-refractivity contribution is -0.121. The average molecular weight is 302 g/mol. The molecular formula is C16H22N4O2. The third-order valence-corrected chi connectivity index (χ3v) is 3.58. The molecule has 6 heteroatoms. The van der Waals surface area contributed by atoms with E-state index in [-0.39, 0.29) is 17.5 Å². The van der Waals surface area contributed by atoms with Crippen molar-refractivity contribution >= 4 is 16.8 Å². The lowest BCUT2D eigenvalue weighted by Crippen LogP contribution is -2.37. The Labute approximate surface area is 129 Å². The third-order valence-electron chi connectivity index (χ3n) is 3.58. The molecule has 0 aliphatic rings. The summed E-state index contributed by atoms with van der Waals surface area (Å²) < 4.78 is 0. The van der Waals surface area contributed by atoms with Crippen LogP contribution in [0.2, 0.25) is 0 Å². The van der Waals surface area contributed by atoms with Gasteiger partial charge in [0.05, 0.1) is 10.9 Å². The molecule has 2 aromatic rings. The second-order valence-corrected chi connectivity index (χ2v) is 5.38. The van der Waals surface area contributed by atoms with Crippen molar-refractivity contribution in [3.8, 4) is 0 Å². The van der Waals surface area contributed by atoms with Crippen molar-refractivity contribution in [2.45, 2.75) is 32.2 Å². The molecule has 0 saturated carbocycles. The number of nitrogens with one attached hydrogen (secondary N) is 3. The number of carbonyl (C=O) groups excluding carboxylic acids is 1. The molecule has 0 spiro atoms. The normalized spacial score (nSPS) is 12.3. The zero-order valence-electron chi connectivity index (χ0n) is 13.0. The number of nitrogens with zero attached hydrogens (tertiary/aromatic N) is 1. The van der Waals surface area contributed by atoms with E-state index in [1.54, 1.807) is 6.07 Å². The highest BCUT2D eigenvalue weighted by Crippen LogP contribution is 2.07. The van der Waals surface area contributed by atoms with Gasteiger partial charge in [0.15, 0.2) is 0 Å². The summed E-state index contributed by atoms with van der Waals surface area (Å²) in [5, 5.41) is 6.52. The van der Waals surface area contributed by atoms with E-state index in [1.807, 2.05) is 32.2 Å². The Balaban J connectivity index is 1.87. The molecule has 0 fully saturated rings. The average Bonchev–Trinajstić information content (AvgIpc) is 2.52. The monoisotopic (exact) mass is 302 g/mol. The molecule has 0 radical (unpaired) electrons. The number of para-hydroxylation sites is 1. The number of aryl methyl sites for hydroxylation is 1. The van der Waals surface area contributed by atoms with Crippen LogP contribution in [0.15, 0.2) is 29.1 Å². The second kappa shape index (κ2) is 7.70. The molecule has 118 valence electrons. The number of carbonyl (C=O) groups is 1. The van der Waals surface area contributed by atoms with Gasteiger partial charge in [0, 0.05) is 25.4 Å². The molecule has 0 aliphatic carbocycles. The van der Waals surface area contributed by atoms with Crippen molar-refractivity contribution in [2.75, 3.05) is 13.6 Å².